The van der Waals surface area contributed by atoms with E-state index in [1.54, 1.807) is 12.4 Å². The van der Waals surface area contributed by atoms with E-state index in [4.69, 9.17) is 20.9 Å². The third-order valence-corrected chi connectivity index (χ3v) is 7.93. The molecule has 1 spiro atoms. The van der Waals surface area contributed by atoms with E-state index in [9.17, 15) is 4.79 Å². The average molecular weight is 539 g/mol. The van der Waals surface area contributed by atoms with Crippen molar-refractivity contribution in [1.82, 2.24) is 19.4 Å². The maximum atomic E-state index is 12.4. The Morgan fingerprint density at radius 1 is 1.02 bits per heavy atom. The number of benzene rings is 2. The zero-order chi connectivity index (χ0) is 28.0. The summed E-state index contributed by atoms with van der Waals surface area (Å²) in [6, 6.07) is 13.3. The SMILES string of the molecule is Cc1cc(OCc2cnc(C)nc2)cc(Oc2ccc(-n3cc(C4CC5(C4)CN(C)C5)c(N)c3C(N)=O)cc2)c1. The highest BCUT2D eigenvalue weighted by Gasteiger charge is 2.52. The summed E-state index contributed by atoms with van der Waals surface area (Å²) in [5, 5.41) is 0. The number of nitrogen functional groups attached to an aromatic ring is 1. The van der Waals surface area contributed by atoms with Gasteiger partial charge >= 0.3 is 0 Å². The Bertz CT molecular complexity index is 1550. The van der Waals surface area contributed by atoms with Crippen molar-refractivity contribution in [3.05, 3.63) is 89.3 Å². The van der Waals surface area contributed by atoms with Crippen LogP contribution in [-0.4, -0.2) is 45.5 Å². The van der Waals surface area contributed by atoms with Crippen molar-refractivity contribution in [2.45, 2.75) is 39.2 Å². The van der Waals surface area contributed by atoms with Gasteiger partial charge in [-0.25, -0.2) is 9.97 Å². The summed E-state index contributed by atoms with van der Waals surface area (Å²) in [5.74, 6) is 2.55. The van der Waals surface area contributed by atoms with E-state index in [2.05, 4.69) is 21.9 Å². The summed E-state index contributed by atoms with van der Waals surface area (Å²) in [5.41, 5.74) is 17.2. The summed E-state index contributed by atoms with van der Waals surface area (Å²) in [7, 11) is 2.15. The van der Waals surface area contributed by atoms with Crippen LogP contribution in [0.2, 0.25) is 0 Å². The van der Waals surface area contributed by atoms with Crippen molar-refractivity contribution < 1.29 is 14.3 Å². The van der Waals surface area contributed by atoms with Crippen LogP contribution >= 0.6 is 0 Å². The third kappa shape index (κ3) is 5.00. The number of hydrogen-bond donors (Lipinski definition) is 2. The van der Waals surface area contributed by atoms with E-state index in [-0.39, 0.29) is 0 Å². The molecule has 206 valence electrons. The highest BCUT2D eigenvalue weighted by atomic mass is 16.5. The Morgan fingerprint density at radius 2 is 1.70 bits per heavy atom. The van der Waals surface area contributed by atoms with Gasteiger partial charge in [-0.2, -0.15) is 0 Å². The molecular weight excluding hydrogens is 504 g/mol. The Kier molecular flexibility index (Phi) is 6.46. The van der Waals surface area contributed by atoms with Crippen LogP contribution in [0.5, 0.6) is 17.2 Å². The molecule has 1 amide bonds. The van der Waals surface area contributed by atoms with Gasteiger partial charge in [-0.3, -0.25) is 4.79 Å². The Morgan fingerprint density at radius 3 is 2.35 bits per heavy atom. The van der Waals surface area contributed by atoms with Crippen molar-refractivity contribution in [2.75, 3.05) is 25.9 Å². The van der Waals surface area contributed by atoms with E-state index >= 15 is 0 Å². The van der Waals surface area contributed by atoms with E-state index in [1.165, 1.54) is 0 Å². The second-order valence-corrected chi connectivity index (χ2v) is 11.4. The van der Waals surface area contributed by atoms with Crippen molar-refractivity contribution >= 4 is 11.6 Å². The quantitative estimate of drug-likeness (QED) is 0.332. The number of carbonyl (C=O) groups is 1. The fourth-order valence-electron chi connectivity index (χ4n) is 6.21. The second-order valence-electron chi connectivity index (χ2n) is 11.4. The van der Waals surface area contributed by atoms with Gasteiger partial charge in [0, 0.05) is 49.0 Å². The van der Waals surface area contributed by atoms with Gasteiger partial charge in [-0.15, -0.1) is 0 Å². The van der Waals surface area contributed by atoms with Crippen LogP contribution in [0.1, 0.15) is 51.8 Å². The summed E-state index contributed by atoms with van der Waals surface area (Å²) >= 11 is 0. The Hall–Kier alpha value is -4.37. The molecule has 1 saturated carbocycles. The fraction of sp³-hybridized carbons (Fsp3) is 0.323. The minimum absolute atomic E-state index is 0.329. The van der Waals surface area contributed by atoms with Gasteiger partial charge in [0.05, 0.1) is 5.69 Å². The standard InChI is InChI=1S/C31H34N6O3/c1-19-8-25(39-16-21-13-34-20(2)35-14-21)10-26(9-19)40-24-6-4-23(5-7-24)37-15-27(28(32)29(37)30(33)38)22-11-31(12-22)17-36(3)18-31/h4-10,13-15,22H,11-12,16-18,32H2,1-3H3,(H2,33,38). The lowest BCUT2D eigenvalue weighted by Gasteiger charge is -2.58. The van der Waals surface area contributed by atoms with Crippen LogP contribution in [0.4, 0.5) is 5.69 Å². The first-order valence-electron chi connectivity index (χ1n) is 13.5. The summed E-state index contributed by atoms with van der Waals surface area (Å²) in [4.78, 5) is 23.2. The number of primary amides is 1. The van der Waals surface area contributed by atoms with E-state index in [0.29, 0.717) is 46.6 Å². The van der Waals surface area contributed by atoms with Crippen molar-refractivity contribution in [1.29, 1.82) is 0 Å². The van der Waals surface area contributed by atoms with Crippen LogP contribution in [0.15, 0.2) is 61.1 Å². The van der Waals surface area contributed by atoms with Gasteiger partial charge in [0.15, 0.2) is 0 Å². The average Bonchev–Trinajstić information content (AvgIpc) is 3.22. The number of carbonyl (C=O) groups excluding carboxylic acids is 1. The zero-order valence-corrected chi connectivity index (χ0v) is 23.1. The molecule has 6 rings (SSSR count). The maximum absolute atomic E-state index is 12.4. The number of anilines is 1. The topological polar surface area (TPSA) is 122 Å². The van der Waals surface area contributed by atoms with Crippen LogP contribution in [0, 0.1) is 19.3 Å². The number of aromatic nitrogens is 3. The molecule has 2 aromatic heterocycles. The molecule has 0 bridgehead atoms. The summed E-state index contributed by atoms with van der Waals surface area (Å²) < 4.78 is 13.9. The first-order chi connectivity index (χ1) is 19.2. The van der Waals surface area contributed by atoms with E-state index in [1.807, 2.05) is 67.1 Å². The normalized spacial score (nSPS) is 16.4. The second kappa shape index (κ2) is 9.98. The minimum Gasteiger partial charge on any atom is -0.489 e. The number of amides is 1. The number of likely N-dealkylation sites (tertiary alicyclic amines) is 1. The van der Waals surface area contributed by atoms with E-state index in [0.717, 1.165) is 54.1 Å². The smallest absolute Gasteiger partial charge is 0.267 e. The molecule has 1 aliphatic heterocycles. The minimum atomic E-state index is -0.536. The molecule has 40 heavy (non-hydrogen) atoms. The lowest BCUT2D eigenvalue weighted by Crippen LogP contribution is -2.59. The highest BCUT2D eigenvalue weighted by Crippen LogP contribution is 2.57. The Labute approximate surface area is 233 Å². The molecule has 0 unspecified atom stereocenters. The molecule has 2 fully saturated rings. The third-order valence-electron chi connectivity index (χ3n) is 7.93. The number of nitrogens with zero attached hydrogens (tertiary/aromatic N) is 4. The van der Waals surface area contributed by atoms with Gasteiger partial charge in [0.1, 0.15) is 35.4 Å². The molecule has 9 heteroatoms. The largest absolute Gasteiger partial charge is 0.489 e. The van der Waals surface area contributed by atoms with Gasteiger partial charge in [-0.05, 0) is 92.6 Å². The lowest BCUT2D eigenvalue weighted by molar-refractivity contribution is -0.0582. The van der Waals surface area contributed by atoms with Crippen molar-refractivity contribution in [2.24, 2.45) is 11.1 Å². The van der Waals surface area contributed by atoms with Crippen LogP contribution in [0.3, 0.4) is 0 Å². The lowest BCUT2D eigenvalue weighted by atomic mass is 9.56. The molecular formula is C31H34N6O3. The number of rotatable bonds is 8. The molecule has 4 N–H and O–H groups in total. The van der Waals surface area contributed by atoms with Crippen LogP contribution in [0.25, 0.3) is 5.69 Å². The maximum Gasteiger partial charge on any atom is 0.267 e. The summed E-state index contributed by atoms with van der Waals surface area (Å²) in [6.45, 7) is 6.46. The van der Waals surface area contributed by atoms with Gasteiger partial charge in [0.2, 0.25) is 0 Å². The monoisotopic (exact) mass is 538 g/mol. The molecule has 3 heterocycles. The predicted octanol–water partition coefficient (Wildman–Crippen LogP) is 4.75. The number of ether oxygens (including phenoxy) is 2. The number of aryl methyl sites for hydroxylation is 2. The predicted molar refractivity (Wildman–Crippen MR) is 153 cm³/mol. The highest BCUT2D eigenvalue weighted by molar-refractivity contribution is 5.98. The van der Waals surface area contributed by atoms with Crippen molar-refractivity contribution in [3.63, 3.8) is 0 Å². The van der Waals surface area contributed by atoms with E-state index < -0.39 is 5.91 Å². The van der Waals surface area contributed by atoms with Crippen LogP contribution < -0.4 is 20.9 Å². The number of hydrogen-bond acceptors (Lipinski definition) is 7. The van der Waals surface area contributed by atoms with Gasteiger partial charge in [0.25, 0.3) is 5.91 Å². The molecule has 0 radical (unpaired) electrons. The molecule has 1 saturated heterocycles. The number of nitrogens with two attached hydrogens (primary N) is 2. The zero-order valence-electron chi connectivity index (χ0n) is 23.1. The van der Waals surface area contributed by atoms with Crippen LogP contribution in [-0.2, 0) is 6.61 Å². The molecule has 4 aromatic rings. The molecule has 0 atom stereocenters. The Balaban J connectivity index is 1.17. The summed E-state index contributed by atoms with van der Waals surface area (Å²) in [6.07, 6.45) is 7.69. The van der Waals surface area contributed by atoms with Gasteiger partial charge in [-0.1, -0.05) is 0 Å². The molecule has 9 nitrogen and oxygen atoms in total. The first-order valence-corrected chi connectivity index (χ1v) is 13.5. The van der Waals surface area contributed by atoms with Crippen molar-refractivity contribution in [3.8, 4) is 22.9 Å². The molecule has 2 aliphatic rings. The fourth-order valence-corrected chi connectivity index (χ4v) is 6.21. The molecule has 1 aliphatic carbocycles. The first kappa shape index (κ1) is 25.9. The van der Waals surface area contributed by atoms with Gasteiger partial charge < -0.3 is 30.4 Å². The molecule has 2 aromatic carbocycles.